The first-order valence-corrected chi connectivity index (χ1v) is 11.4. The first-order chi connectivity index (χ1) is 15.3. The van der Waals surface area contributed by atoms with Crippen molar-refractivity contribution in [2.45, 2.75) is 13.3 Å². The molecular formula is C24H28N6S. The molecule has 0 radical (unpaired) electrons. The van der Waals surface area contributed by atoms with E-state index in [2.05, 4.69) is 54.5 Å². The maximum absolute atomic E-state index is 4.75. The summed E-state index contributed by atoms with van der Waals surface area (Å²) in [6, 6.07) is 18.6. The van der Waals surface area contributed by atoms with Crippen LogP contribution in [0.2, 0.25) is 0 Å². The van der Waals surface area contributed by atoms with Crippen LogP contribution in [0.15, 0.2) is 73.2 Å². The Balaban J connectivity index is 0.000000407. The Morgan fingerprint density at radius 2 is 1.74 bits per heavy atom. The minimum Gasteiger partial charge on any atom is -0.368 e. The van der Waals surface area contributed by atoms with Gasteiger partial charge in [0.2, 0.25) is 5.13 Å². The summed E-state index contributed by atoms with van der Waals surface area (Å²) in [5.41, 5.74) is 3.45. The van der Waals surface area contributed by atoms with Crippen molar-refractivity contribution in [1.82, 2.24) is 24.2 Å². The summed E-state index contributed by atoms with van der Waals surface area (Å²) in [6.07, 6.45) is 6.68. The molecule has 0 bridgehead atoms. The summed E-state index contributed by atoms with van der Waals surface area (Å²) in [6.45, 7) is 7.30. The highest BCUT2D eigenvalue weighted by atomic mass is 32.1. The molecule has 31 heavy (non-hydrogen) atoms. The molecule has 4 aromatic rings. The number of pyridine rings is 1. The molecular weight excluding hydrogens is 404 g/mol. The Kier molecular flexibility index (Phi) is 7.41. The number of piperazine rings is 1. The zero-order valence-electron chi connectivity index (χ0n) is 17.8. The molecule has 5 rings (SSSR count). The first kappa shape index (κ1) is 21.2. The van der Waals surface area contributed by atoms with Crippen molar-refractivity contribution < 1.29 is 0 Å². The molecule has 0 unspecified atom stereocenters. The van der Waals surface area contributed by atoms with E-state index in [1.807, 2.05) is 49.8 Å². The molecule has 1 aliphatic heterocycles. The Morgan fingerprint density at radius 3 is 2.42 bits per heavy atom. The smallest absolute Gasteiger partial charge is 0.205 e. The maximum atomic E-state index is 4.75. The first-order valence-electron chi connectivity index (χ1n) is 10.6. The number of aromatic amines is 1. The molecule has 3 aromatic heterocycles. The lowest BCUT2D eigenvalue weighted by molar-refractivity contribution is 0.261. The normalized spacial score (nSPS) is 14.2. The standard InChI is InChI=1S/C20H23N5S.C4H5N/c1-16-15-18(7-9-21-16)19-22-20(26-23-19)25-13-11-24(12-14-25)10-8-17-5-3-2-4-6-17;1-2-4-5-3-1/h2-7,9,15H,8,10-14H2,1H3;1-5H. The van der Waals surface area contributed by atoms with Crippen molar-refractivity contribution in [2.75, 3.05) is 37.6 Å². The predicted octanol–water partition coefficient (Wildman–Crippen LogP) is 4.29. The van der Waals surface area contributed by atoms with Gasteiger partial charge < -0.3 is 9.88 Å². The Hall–Kier alpha value is -3.03. The van der Waals surface area contributed by atoms with Gasteiger partial charge in [0.05, 0.1) is 0 Å². The predicted molar refractivity (Wildman–Crippen MR) is 127 cm³/mol. The fourth-order valence-electron chi connectivity index (χ4n) is 3.52. The van der Waals surface area contributed by atoms with Crippen LogP contribution in [0.25, 0.3) is 11.4 Å². The fraction of sp³-hybridized carbons (Fsp3) is 0.292. The fourth-order valence-corrected chi connectivity index (χ4v) is 4.26. The molecule has 1 aromatic carbocycles. The van der Waals surface area contributed by atoms with Gasteiger partial charge in [-0.05, 0) is 43.2 Å². The van der Waals surface area contributed by atoms with Crippen LogP contribution in [0.5, 0.6) is 0 Å². The van der Waals surface area contributed by atoms with E-state index in [0.717, 1.165) is 61.4 Å². The van der Waals surface area contributed by atoms with Gasteiger partial charge in [-0.1, -0.05) is 30.3 Å². The van der Waals surface area contributed by atoms with Crippen LogP contribution in [-0.4, -0.2) is 56.9 Å². The average molecular weight is 433 g/mol. The number of nitrogens with one attached hydrogen (secondary N) is 1. The number of aromatic nitrogens is 4. The third kappa shape index (κ3) is 6.23. The van der Waals surface area contributed by atoms with E-state index in [9.17, 15) is 0 Å². The second-order valence-corrected chi connectivity index (χ2v) is 8.27. The number of hydrogen-bond acceptors (Lipinski definition) is 6. The van der Waals surface area contributed by atoms with Gasteiger partial charge in [0.25, 0.3) is 0 Å². The summed E-state index contributed by atoms with van der Waals surface area (Å²) >= 11 is 1.49. The van der Waals surface area contributed by atoms with Crippen molar-refractivity contribution in [2.24, 2.45) is 0 Å². The van der Waals surface area contributed by atoms with E-state index in [0.29, 0.717) is 0 Å². The highest BCUT2D eigenvalue weighted by molar-refractivity contribution is 7.09. The summed E-state index contributed by atoms with van der Waals surface area (Å²) in [7, 11) is 0. The lowest BCUT2D eigenvalue weighted by Crippen LogP contribution is -2.47. The molecule has 1 N–H and O–H groups in total. The summed E-state index contributed by atoms with van der Waals surface area (Å²) in [4.78, 5) is 16.7. The molecule has 0 atom stereocenters. The average Bonchev–Trinajstić information content (AvgIpc) is 3.54. The Bertz CT molecular complexity index is 1010. The number of rotatable bonds is 5. The van der Waals surface area contributed by atoms with Gasteiger partial charge in [-0.25, -0.2) is 0 Å². The van der Waals surface area contributed by atoms with Crippen LogP contribution >= 0.6 is 11.5 Å². The quantitative estimate of drug-likeness (QED) is 0.510. The van der Waals surface area contributed by atoms with Crippen molar-refractivity contribution >= 4 is 16.7 Å². The van der Waals surface area contributed by atoms with Gasteiger partial charge in [0.15, 0.2) is 5.82 Å². The topological polar surface area (TPSA) is 60.9 Å². The largest absolute Gasteiger partial charge is 0.368 e. The Morgan fingerprint density at radius 1 is 0.968 bits per heavy atom. The number of H-pyrrole nitrogens is 1. The Labute approximate surface area is 187 Å². The molecule has 0 amide bonds. The number of benzene rings is 1. The monoisotopic (exact) mass is 432 g/mol. The summed E-state index contributed by atoms with van der Waals surface area (Å²) < 4.78 is 4.55. The van der Waals surface area contributed by atoms with Crippen LogP contribution in [0.4, 0.5) is 5.13 Å². The maximum Gasteiger partial charge on any atom is 0.205 e. The van der Waals surface area contributed by atoms with E-state index in [1.165, 1.54) is 17.1 Å². The number of nitrogens with zero attached hydrogens (tertiary/aromatic N) is 5. The molecule has 0 spiro atoms. The molecule has 6 nitrogen and oxygen atoms in total. The summed E-state index contributed by atoms with van der Waals surface area (Å²) in [5.74, 6) is 0.807. The van der Waals surface area contributed by atoms with Gasteiger partial charge in [-0.3, -0.25) is 9.88 Å². The molecule has 0 aliphatic carbocycles. The van der Waals surface area contributed by atoms with E-state index >= 15 is 0 Å². The molecule has 160 valence electrons. The second kappa shape index (κ2) is 10.8. The van der Waals surface area contributed by atoms with Gasteiger partial charge in [0.1, 0.15) is 0 Å². The van der Waals surface area contributed by atoms with Gasteiger partial charge in [-0.15, -0.1) is 0 Å². The molecule has 1 aliphatic rings. The van der Waals surface area contributed by atoms with Gasteiger partial charge in [-0.2, -0.15) is 9.36 Å². The second-order valence-electron chi connectivity index (χ2n) is 7.54. The third-order valence-electron chi connectivity index (χ3n) is 5.27. The molecule has 7 heteroatoms. The van der Waals surface area contributed by atoms with Gasteiger partial charge >= 0.3 is 0 Å². The lowest BCUT2D eigenvalue weighted by Gasteiger charge is -2.34. The molecule has 1 fully saturated rings. The minimum atomic E-state index is 0.807. The zero-order chi connectivity index (χ0) is 21.3. The number of aryl methyl sites for hydroxylation is 1. The zero-order valence-corrected chi connectivity index (χ0v) is 18.6. The summed E-state index contributed by atoms with van der Waals surface area (Å²) in [5, 5.41) is 1.03. The van der Waals surface area contributed by atoms with Crippen molar-refractivity contribution in [1.29, 1.82) is 0 Å². The van der Waals surface area contributed by atoms with Crippen LogP contribution in [0.1, 0.15) is 11.3 Å². The minimum absolute atomic E-state index is 0.807. The SMILES string of the molecule is Cc1cc(-c2nsc(N3CCN(CCc4ccccc4)CC3)n2)ccn1.c1cc[nH]c1. The molecule has 0 saturated carbocycles. The van der Waals surface area contributed by atoms with Crippen LogP contribution in [-0.2, 0) is 6.42 Å². The van der Waals surface area contributed by atoms with E-state index in [1.54, 1.807) is 0 Å². The van der Waals surface area contributed by atoms with E-state index < -0.39 is 0 Å². The van der Waals surface area contributed by atoms with Crippen LogP contribution < -0.4 is 4.90 Å². The van der Waals surface area contributed by atoms with E-state index in [-0.39, 0.29) is 0 Å². The van der Waals surface area contributed by atoms with Crippen LogP contribution in [0, 0.1) is 6.92 Å². The number of anilines is 1. The highest BCUT2D eigenvalue weighted by Gasteiger charge is 2.20. The van der Waals surface area contributed by atoms with Crippen LogP contribution in [0.3, 0.4) is 0 Å². The highest BCUT2D eigenvalue weighted by Crippen LogP contribution is 2.25. The van der Waals surface area contributed by atoms with Crippen molar-refractivity contribution in [3.8, 4) is 11.4 Å². The number of hydrogen-bond donors (Lipinski definition) is 1. The third-order valence-corrected chi connectivity index (χ3v) is 6.05. The van der Waals surface area contributed by atoms with Crippen molar-refractivity contribution in [3.63, 3.8) is 0 Å². The van der Waals surface area contributed by atoms with E-state index in [4.69, 9.17) is 4.98 Å². The van der Waals surface area contributed by atoms with Gasteiger partial charge in [0, 0.05) is 74.1 Å². The van der Waals surface area contributed by atoms with Crippen molar-refractivity contribution in [3.05, 3.63) is 84.4 Å². The molecule has 4 heterocycles. The lowest BCUT2D eigenvalue weighted by atomic mass is 10.1. The molecule has 1 saturated heterocycles.